The van der Waals surface area contributed by atoms with Gasteiger partial charge in [0, 0.05) is 19.8 Å². The first kappa shape index (κ1) is 14.4. The Balaban J connectivity index is 1.56. The van der Waals surface area contributed by atoms with Crippen LogP contribution in [0, 0.1) is 0 Å². The van der Waals surface area contributed by atoms with Gasteiger partial charge in [-0.05, 0) is 62.4 Å². The van der Waals surface area contributed by atoms with Crippen molar-refractivity contribution in [3.05, 3.63) is 29.3 Å². The molecule has 0 saturated carbocycles. The van der Waals surface area contributed by atoms with E-state index >= 15 is 0 Å². The van der Waals surface area contributed by atoms with Crippen LogP contribution in [0.25, 0.3) is 0 Å². The average Bonchev–Trinajstić information content (AvgIpc) is 2.89. The summed E-state index contributed by atoms with van der Waals surface area (Å²) in [4.78, 5) is 0. The normalized spacial score (nSPS) is 13.5. The number of fused-ring (bicyclic) bond motifs is 1. The third-order valence-corrected chi connectivity index (χ3v) is 3.46. The van der Waals surface area contributed by atoms with Crippen molar-refractivity contribution < 1.29 is 9.47 Å². The third-order valence-electron chi connectivity index (χ3n) is 3.46. The van der Waals surface area contributed by atoms with Crippen molar-refractivity contribution >= 4 is 0 Å². The van der Waals surface area contributed by atoms with Crippen LogP contribution >= 0.6 is 0 Å². The molecule has 1 aliphatic carbocycles. The van der Waals surface area contributed by atoms with E-state index in [1.54, 1.807) is 0 Å². The summed E-state index contributed by atoms with van der Waals surface area (Å²) in [7, 11) is 0. The van der Waals surface area contributed by atoms with Crippen LogP contribution in [0.2, 0.25) is 0 Å². The van der Waals surface area contributed by atoms with Crippen molar-refractivity contribution in [3.63, 3.8) is 0 Å². The number of hydrogen-bond donors (Lipinski definition) is 1. The zero-order chi connectivity index (χ0) is 13.3. The quantitative estimate of drug-likeness (QED) is 0.695. The summed E-state index contributed by atoms with van der Waals surface area (Å²) in [6.45, 7) is 6.29. The van der Waals surface area contributed by atoms with Crippen molar-refractivity contribution in [2.45, 2.75) is 32.6 Å². The minimum absolute atomic E-state index is 0.730. The molecule has 2 rings (SSSR count). The van der Waals surface area contributed by atoms with E-state index in [9.17, 15) is 0 Å². The average molecular weight is 263 g/mol. The Hall–Kier alpha value is -1.06. The molecule has 1 aromatic carbocycles. The van der Waals surface area contributed by atoms with Gasteiger partial charge in [-0.25, -0.2) is 0 Å². The van der Waals surface area contributed by atoms with Gasteiger partial charge in [-0.3, -0.25) is 0 Å². The lowest BCUT2D eigenvalue weighted by Crippen LogP contribution is -2.23. The van der Waals surface area contributed by atoms with Crippen molar-refractivity contribution in [2.75, 3.05) is 32.9 Å². The molecule has 0 fully saturated rings. The van der Waals surface area contributed by atoms with Gasteiger partial charge < -0.3 is 14.8 Å². The fourth-order valence-corrected chi connectivity index (χ4v) is 2.45. The van der Waals surface area contributed by atoms with E-state index < -0.39 is 0 Å². The Morgan fingerprint density at radius 1 is 1.11 bits per heavy atom. The van der Waals surface area contributed by atoms with Crippen molar-refractivity contribution in [1.82, 2.24) is 5.32 Å². The SMILES string of the molecule is CCOCCCNCCOc1ccc2c(c1)CCC2. The highest BCUT2D eigenvalue weighted by Gasteiger charge is 2.10. The zero-order valence-electron chi connectivity index (χ0n) is 11.9. The summed E-state index contributed by atoms with van der Waals surface area (Å²) < 4.78 is 11.0. The molecule has 0 atom stereocenters. The van der Waals surface area contributed by atoms with Gasteiger partial charge in [0.1, 0.15) is 12.4 Å². The molecular weight excluding hydrogens is 238 g/mol. The molecule has 0 aromatic heterocycles. The van der Waals surface area contributed by atoms with Crippen LogP contribution in [0.5, 0.6) is 5.75 Å². The molecule has 0 bridgehead atoms. The van der Waals surface area contributed by atoms with Gasteiger partial charge in [-0.1, -0.05) is 6.07 Å². The van der Waals surface area contributed by atoms with Crippen LogP contribution in [0.3, 0.4) is 0 Å². The lowest BCUT2D eigenvalue weighted by molar-refractivity contribution is 0.144. The van der Waals surface area contributed by atoms with E-state index in [1.807, 2.05) is 6.92 Å². The Morgan fingerprint density at radius 3 is 2.89 bits per heavy atom. The molecule has 1 N–H and O–H groups in total. The maximum absolute atomic E-state index is 5.77. The molecule has 3 heteroatoms. The topological polar surface area (TPSA) is 30.5 Å². The molecule has 0 amide bonds. The lowest BCUT2D eigenvalue weighted by Gasteiger charge is -2.09. The van der Waals surface area contributed by atoms with Gasteiger partial charge in [-0.15, -0.1) is 0 Å². The number of hydrogen-bond acceptors (Lipinski definition) is 3. The van der Waals surface area contributed by atoms with Crippen LogP contribution in [-0.2, 0) is 17.6 Å². The summed E-state index contributed by atoms with van der Waals surface area (Å²) in [5, 5.41) is 3.36. The molecule has 106 valence electrons. The fourth-order valence-electron chi connectivity index (χ4n) is 2.45. The minimum atomic E-state index is 0.730. The molecule has 3 nitrogen and oxygen atoms in total. The summed E-state index contributed by atoms with van der Waals surface area (Å²) >= 11 is 0. The molecule has 0 unspecified atom stereocenters. The first-order chi connectivity index (χ1) is 9.40. The lowest BCUT2D eigenvalue weighted by atomic mass is 10.1. The maximum Gasteiger partial charge on any atom is 0.119 e. The van der Waals surface area contributed by atoms with Crippen LogP contribution in [0.1, 0.15) is 30.9 Å². The second-order valence-corrected chi connectivity index (χ2v) is 4.93. The summed E-state index contributed by atoms with van der Waals surface area (Å²) in [5.74, 6) is 1.01. The van der Waals surface area contributed by atoms with Crippen LogP contribution in [-0.4, -0.2) is 32.9 Å². The molecule has 0 saturated heterocycles. The van der Waals surface area contributed by atoms with Crippen LogP contribution < -0.4 is 10.1 Å². The third kappa shape index (κ3) is 4.84. The van der Waals surface area contributed by atoms with E-state index in [1.165, 1.54) is 30.4 Å². The summed E-state index contributed by atoms with van der Waals surface area (Å²) in [5.41, 5.74) is 2.98. The Bertz CT molecular complexity index is 379. The fraction of sp³-hybridized carbons (Fsp3) is 0.625. The number of aryl methyl sites for hydroxylation is 2. The first-order valence-electron chi connectivity index (χ1n) is 7.43. The van der Waals surface area contributed by atoms with Gasteiger partial charge >= 0.3 is 0 Å². The maximum atomic E-state index is 5.77. The number of rotatable bonds is 9. The van der Waals surface area contributed by atoms with Gasteiger partial charge in [0.2, 0.25) is 0 Å². The molecule has 0 heterocycles. The van der Waals surface area contributed by atoms with Gasteiger partial charge in [-0.2, -0.15) is 0 Å². The highest BCUT2D eigenvalue weighted by atomic mass is 16.5. The summed E-state index contributed by atoms with van der Waals surface area (Å²) in [6, 6.07) is 6.52. The van der Waals surface area contributed by atoms with Gasteiger partial charge in [0.25, 0.3) is 0 Å². The summed E-state index contributed by atoms with van der Waals surface area (Å²) in [6.07, 6.45) is 4.80. The molecule has 0 aliphatic heterocycles. The van der Waals surface area contributed by atoms with Gasteiger partial charge in [0.15, 0.2) is 0 Å². The number of nitrogens with one attached hydrogen (secondary N) is 1. The van der Waals surface area contributed by atoms with E-state index in [0.29, 0.717) is 0 Å². The second kappa shape index (κ2) is 8.18. The Kier molecular flexibility index (Phi) is 6.18. The zero-order valence-corrected chi connectivity index (χ0v) is 11.9. The molecule has 0 radical (unpaired) electrons. The van der Waals surface area contributed by atoms with Crippen LogP contribution in [0.15, 0.2) is 18.2 Å². The predicted molar refractivity (Wildman–Crippen MR) is 77.9 cm³/mol. The number of benzene rings is 1. The molecular formula is C16H25NO2. The molecule has 19 heavy (non-hydrogen) atoms. The van der Waals surface area contributed by atoms with E-state index in [-0.39, 0.29) is 0 Å². The van der Waals surface area contributed by atoms with E-state index in [2.05, 4.69) is 23.5 Å². The molecule has 1 aromatic rings. The number of ether oxygens (including phenoxy) is 2. The monoisotopic (exact) mass is 263 g/mol. The Morgan fingerprint density at radius 2 is 2.00 bits per heavy atom. The highest BCUT2D eigenvalue weighted by molar-refractivity contribution is 5.38. The smallest absolute Gasteiger partial charge is 0.119 e. The van der Waals surface area contributed by atoms with E-state index in [4.69, 9.17) is 9.47 Å². The highest BCUT2D eigenvalue weighted by Crippen LogP contribution is 2.25. The predicted octanol–water partition coefficient (Wildman–Crippen LogP) is 2.57. The van der Waals surface area contributed by atoms with Gasteiger partial charge in [0.05, 0.1) is 0 Å². The molecule has 0 spiro atoms. The second-order valence-electron chi connectivity index (χ2n) is 4.93. The standard InChI is InChI=1S/C16H25NO2/c1-2-18-11-4-9-17-10-12-19-16-8-7-14-5-3-6-15(14)13-16/h7-8,13,17H,2-6,9-12H2,1H3. The largest absolute Gasteiger partial charge is 0.492 e. The van der Waals surface area contributed by atoms with E-state index in [0.717, 1.165) is 45.1 Å². The Labute approximate surface area is 116 Å². The molecule has 1 aliphatic rings. The van der Waals surface area contributed by atoms with Crippen molar-refractivity contribution in [1.29, 1.82) is 0 Å². The van der Waals surface area contributed by atoms with Crippen LogP contribution in [0.4, 0.5) is 0 Å². The minimum Gasteiger partial charge on any atom is -0.492 e. The first-order valence-corrected chi connectivity index (χ1v) is 7.43. The van der Waals surface area contributed by atoms with Crippen molar-refractivity contribution in [3.8, 4) is 5.75 Å². The van der Waals surface area contributed by atoms with Crippen molar-refractivity contribution in [2.24, 2.45) is 0 Å².